The summed E-state index contributed by atoms with van der Waals surface area (Å²) in [5, 5.41) is 19.0. The largest absolute Gasteiger partial charge is 0.508 e. The molecule has 64 valence electrons. The second kappa shape index (κ2) is 2.79. The molecule has 2 N–H and O–H groups in total. The van der Waals surface area contributed by atoms with Gasteiger partial charge in [-0.25, -0.2) is 0 Å². The Labute approximate surface area is 71.5 Å². The second-order valence-electron chi connectivity index (χ2n) is 3.27. The van der Waals surface area contributed by atoms with Crippen LogP contribution in [-0.2, 0) is 0 Å². The highest BCUT2D eigenvalue weighted by molar-refractivity contribution is 5.37. The standard InChI is InChI=1S/C10H12O2/c11-9-5-1-3-7-8(9)4-2-6-10(7)12/h1,3,5-6,8-9,11-12H,2,4H2. The first-order valence-corrected chi connectivity index (χ1v) is 4.25. The van der Waals surface area contributed by atoms with Crippen molar-refractivity contribution in [3.63, 3.8) is 0 Å². The molecule has 0 spiro atoms. The van der Waals surface area contributed by atoms with Crippen LogP contribution in [0.4, 0.5) is 0 Å². The molecule has 0 aliphatic heterocycles. The van der Waals surface area contributed by atoms with Gasteiger partial charge in [0.25, 0.3) is 0 Å². The summed E-state index contributed by atoms with van der Waals surface area (Å²) in [6, 6.07) is 0. The molecule has 0 bridgehead atoms. The van der Waals surface area contributed by atoms with E-state index >= 15 is 0 Å². The van der Waals surface area contributed by atoms with Gasteiger partial charge in [0.2, 0.25) is 0 Å². The lowest BCUT2D eigenvalue weighted by Gasteiger charge is -2.28. The Hall–Kier alpha value is -1.02. The van der Waals surface area contributed by atoms with Gasteiger partial charge in [-0.2, -0.15) is 0 Å². The molecule has 2 heteroatoms. The van der Waals surface area contributed by atoms with Crippen LogP contribution in [0.25, 0.3) is 0 Å². The summed E-state index contributed by atoms with van der Waals surface area (Å²) in [5.74, 6) is 0.453. The molecule has 0 radical (unpaired) electrons. The first-order chi connectivity index (χ1) is 5.79. The number of aliphatic hydroxyl groups excluding tert-OH is 2. The number of allylic oxidation sites excluding steroid dienone is 4. The van der Waals surface area contributed by atoms with Crippen molar-refractivity contribution in [3.8, 4) is 0 Å². The fourth-order valence-corrected chi connectivity index (χ4v) is 1.83. The van der Waals surface area contributed by atoms with E-state index in [0.717, 1.165) is 18.4 Å². The summed E-state index contributed by atoms with van der Waals surface area (Å²) in [4.78, 5) is 0. The molecule has 2 aliphatic carbocycles. The lowest BCUT2D eigenvalue weighted by Crippen LogP contribution is -2.25. The smallest absolute Gasteiger partial charge is 0.115 e. The average Bonchev–Trinajstić information content (AvgIpc) is 2.07. The molecule has 0 saturated carbocycles. The van der Waals surface area contributed by atoms with Crippen LogP contribution in [0.1, 0.15) is 12.8 Å². The zero-order valence-corrected chi connectivity index (χ0v) is 6.77. The van der Waals surface area contributed by atoms with Gasteiger partial charge in [-0.1, -0.05) is 18.2 Å². The van der Waals surface area contributed by atoms with Crippen LogP contribution in [-0.4, -0.2) is 16.3 Å². The molecule has 2 nitrogen and oxygen atoms in total. The van der Waals surface area contributed by atoms with Crippen molar-refractivity contribution in [1.29, 1.82) is 0 Å². The van der Waals surface area contributed by atoms with E-state index < -0.39 is 6.10 Å². The zero-order chi connectivity index (χ0) is 8.55. The molecule has 2 atom stereocenters. The van der Waals surface area contributed by atoms with Gasteiger partial charge in [0.05, 0.1) is 6.10 Å². The van der Waals surface area contributed by atoms with Crippen molar-refractivity contribution in [2.24, 2.45) is 5.92 Å². The quantitative estimate of drug-likeness (QED) is 0.572. The molecular formula is C10H12O2. The molecule has 0 fully saturated rings. The van der Waals surface area contributed by atoms with Gasteiger partial charge < -0.3 is 10.2 Å². The Morgan fingerprint density at radius 1 is 1.42 bits per heavy atom. The van der Waals surface area contributed by atoms with Crippen molar-refractivity contribution in [1.82, 2.24) is 0 Å². The predicted molar refractivity (Wildman–Crippen MR) is 46.7 cm³/mol. The van der Waals surface area contributed by atoms with E-state index in [4.69, 9.17) is 0 Å². The van der Waals surface area contributed by atoms with Gasteiger partial charge in [-0.05, 0) is 24.5 Å². The topological polar surface area (TPSA) is 40.5 Å². The second-order valence-corrected chi connectivity index (χ2v) is 3.27. The Bertz CT molecular complexity index is 274. The monoisotopic (exact) mass is 164 g/mol. The summed E-state index contributed by atoms with van der Waals surface area (Å²) < 4.78 is 0. The molecule has 2 rings (SSSR count). The number of hydrogen-bond donors (Lipinski definition) is 2. The molecular weight excluding hydrogens is 152 g/mol. The van der Waals surface area contributed by atoms with Gasteiger partial charge >= 0.3 is 0 Å². The lowest BCUT2D eigenvalue weighted by atomic mass is 9.81. The third kappa shape index (κ3) is 1.08. The van der Waals surface area contributed by atoms with E-state index in [0.29, 0.717) is 5.76 Å². The first-order valence-electron chi connectivity index (χ1n) is 4.25. The average molecular weight is 164 g/mol. The number of fused-ring (bicyclic) bond motifs is 1. The first kappa shape index (κ1) is 7.62. The number of hydrogen-bond acceptors (Lipinski definition) is 2. The molecule has 2 unspecified atom stereocenters. The van der Waals surface area contributed by atoms with Gasteiger partial charge in [0, 0.05) is 5.92 Å². The SMILES string of the molecule is OC1=CCCC2C1=CC=CC2O. The van der Waals surface area contributed by atoms with Crippen molar-refractivity contribution < 1.29 is 10.2 Å². The van der Waals surface area contributed by atoms with Gasteiger partial charge in [0.1, 0.15) is 5.76 Å². The molecule has 0 aromatic carbocycles. The van der Waals surface area contributed by atoms with Gasteiger partial charge in [-0.3, -0.25) is 0 Å². The Balaban J connectivity index is 2.35. The van der Waals surface area contributed by atoms with Crippen LogP contribution in [0.3, 0.4) is 0 Å². The Kier molecular flexibility index (Phi) is 1.77. The molecule has 0 saturated heterocycles. The number of aliphatic hydroxyl groups is 2. The summed E-state index contributed by atoms with van der Waals surface area (Å²) >= 11 is 0. The van der Waals surface area contributed by atoms with E-state index in [-0.39, 0.29) is 5.92 Å². The third-order valence-corrected chi connectivity index (χ3v) is 2.51. The minimum absolute atomic E-state index is 0.111. The van der Waals surface area contributed by atoms with Crippen LogP contribution in [0.2, 0.25) is 0 Å². The molecule has 0 heterocycles. The molecule has 12 heavy (non-hydrogen) atoms. The van der Waals surface area contributed by atoms with E-state index in [1.165, 1.54) is 0 Å². The van der Waals surface area contributed by atoms with Crippen LogP contribution in [0, 0.1) is 5.92 Å². The third-order valence-electron chi connectivity index (χ3n) is 2.51. The van der Waals surface area contributed by atoms with Crippen molar-refractivity contribution in [2.75, 3.05) is 0 Å². The van der Waals surface area contributed by atoms with Crippen molar-refractivity contribution >= 4 is 0 Å². The highest BCUT2D eigenvalue weighted by Crippen LogP contribution is 2.33. The van der Waals surface area contributed by atoms with E-state index in [9.17, 15) is 10.2 Å². The van der Waals surface area contributed by atoms with Gasteiger partial charge in [-0.15, -0.1) is 0 Å². The maximum Gasteiger partial charge on any atom is 0.115 e. The fraction of sp³-hybridized carbons (Fsp3) is 0.400. The van der Waals surface area contributed by atoms with E-state index in [2.05, 4.69) is 0 Å². The van der Waals surface area contributed by atoms with Crippen LogP contribution in [0.5, 0.6) is 0 Å². The normalized spacial score (nSPS) is 33.8. The van der Waals surface area contributed by atoms with Crippen LogP contribution in [0.15, 0.2) is 35.6 Å². The summed E-state index contributed by atoms with van der Waals surface area (Å²) in [6.45, 7) is 0. The highest BCUT2D eigenvalue weighted by atomic mass is 16.3. The summed E-state index contributed by atoms with van der Waals surface area (Å²) in [5.41, 5.74) is 0.885. The zero-order valence-electron chi connectivity index (χ0n) is 6.77. The van der Waals surface area contributed by atoms with Crippen molar-refractivity contribution in [2.45, 2.75) is 18.9 Å². The molecule has 0 aromatic heterocycles. The van der Waals surface area contributed by atoms with Gasteiger partial charge in [0.15, 0.2) is 0 Å². The van der Waals surface area contributed by atoms with Crippen molar-refractivity contribution in [3.05, 3.63) is 35.6 Å². The van der Waals surface area contributed by atoms with Crippen LogP contribution >= 0.6 is 0 Å². The maximum absolute atomic E-state index is 9.56. The van der Waals surface area contributed by atoms with E-state index in [1.807, 2.05) is 12.2 Å². The Morgan fingerprint density at radius 3 is 3.00 bits per heavy atom. The molecule has 0 amide bonds. The molecule has 2 aliphatic rings. The minimum atomic E-state index is -0.416. The number of rotatable bonds is 0. The summed E-state index contributed by atoms with van der Waals surface area (Å²) in [7, 11) is 0. The molecule has 0 aromatic rings. The highest BCUT2D eigenvalue weighted by Gasteiger charge is 2.27. The maximum atomic E-state index is 9.56. The van der Waals surface area contributed by atoms with Crippen LogP contribution < -0.4 is 0 Å². The summed E-state index contributed by atoms with van der Waals surface area (Å²) in [6.07, 6.45) is 8.64. The fourth-order valence-electron chi connectivity index (χ4n) is 1.83. The van der Waals surface area contributed by atoms with E-state index in [1.54, 1.807) is 12.2 Å². The lowest BCUT2D eigenvalue weighted by molar-refractivity contribution is 0.157. The predicted octanol–water partition coefficient (Wildman–Crippen LogP) is 1.70. The minimum Gasteiger partial charge on any atom is -0.508 e. The Morgan fingerprint density at radius 2 is 2.25 bits per heavy atom.